The van der Waals surface area contributed by atoms with Crippen LogP contribution in [0, 0.1) is 0 Å². The van der Waals surface area contributed by atoms with Gasteiger partial charge in [0.25, 0.3) is 0 Å². The third kappa shape index (κ3) is 4.25. The van der Waals surface area contributed by atoms with E-state index in [4.69, 9.17) is 0 Å². The van der Waals surface area contributed by atoms with Crippen LogP contribution in [-0.2, 0) is 22.7 Å². The van der Waals surface area contributed by atoms with Crippen molar-refractivity contribution in [3.05, 3.63) is 71.8 Å². The minimum absolute atomic E-state index is 0.108. The summed E-state index contributed by atoms with van der Waals surface area (Å²) >= 11 is 0. The highest BCUT2D eigenvalue weighted by molar-refractivity contribution is 5.84. The number of likely N-dealkylation sites (tertiary alicyclic amines) is 1. The third-order valence-corrected chi connectivity index (χ3v) is 4.62. The lowest BCUT2D eigenvalue weighted by molar-refractivity contribution is -0.143. The number of carboxylic acid groups (broad SMARTS) is 1. The SMILES string of the molecule is O=C(NCc1ccccc1)[C@H]1CC[C@@H](C(=O)O)N1Cc1ccccc1. The second kappa shape index (κ2) is 7.94. The average molecular weight is 338 g/mol. The lowest BCUT2D eigenvalue weighted by Crippen LogP contribution is -2.47. The van der Waals surface area contributed by atoms with Crippen LogP contribution in [0.4, 0.5) is 0 Å². The Morgan fingerprint density at radius 1 is 0.920 bits per heavy atom. The maximum absolute atomic E-state index is 12.6. The van der Waals surface area contributed by atoms with Crippen LogP contribution >= 0.6 is 0 Å². The summed E-state index contributed by atoms with van der Waals surface area (Å²) in [6.07, 6.45) is 1.05. The molecule has 5 heteroatoms. The van der Waals surface area contributed by atoms with E-state index in [-0.39, 0.29) is 5.91 Å². The zero-order chi connectivity index (χ0) is 17.6. The molecule has 1 heterocycles. The molecule has 2 N–H and O–H groups in total. The molecule has 0 spiro atoms. The molecule has 1 aliphatic rings. The van der Waals surface area contributed by atoms with Gasteiger partial charge in [-0.15, -0.1) is 0 Å². The fraction of sp³-hybridized carbons (Fsp3) is 0.300. The first-order valence-electron chi connectivity index (χ1n) is 8.49. The minimum atomic E-state index is -0.866. The van der Waals surface area contributed by atoms with E-state index < -0.39 is 18.1 Å². The van der Waals surface area contributed by atoms with E-state index in [1.54, 1.807) is 4.90 Å². The molecular formula is C20H22N2O3. The Hall–Kier alpha value is -2.66. The Bertz CT molecular complexity index is 718. The number of aliphatic carboxylic acids is 1. The number of carboxylic acids is 1. The highest BCUT2D eigenvalue weighted by atomic mass is 16.4. The van der Waals surface area contributed by atoms with E-state index in [0.717, 1.165) is 11.1 Å². The van der Waals surface area contributed by atoms with Crippen LogP contribution in [0.25, 0.3) is 0 Å². The topological polar surface area (TPSA) is 69.6 Å². The molecule has 1 saturated heterocycles. The number of hydrogen-bond acceptors (Lipinski definition) is 3. The molecule has 3 rings (SSSR count). The molecule has 1 fully saturated rings. The summed E-state index contributed by atoms with van der Waals surface area (Å²) in [7, 11) is 0. The fourth-order valence-electron chi connectivity index (χ4n) is 3.33. The van der Waals surface area contributed by atoms with Crippen LogP contribution in [0.1, 0.15) is 24.0 Å². The largest absolute Gasteiger partial charge is 0.480 e. The summed E-state index contributed by atoms with van der Waals surface area (Å²) < 4.78 is 0. The quantitative estimate of drug-likeness (QED) is 0.849. The number of rotatable bonds is 6. The van der Waals surface area contributed by atoms with Crippen LogP contribution in [0.5, 0.6) is 0 Å². The number of benzene rings is 2. The number of carbonyl (C=O) groups is 2. The molecule has 0 aromatic heterocycles. The van der Waals surface area contributed by atoms with Crippen LogP contribution in [-0.4, -0.2) is 34.0 Å². The van der Waals surface area contributed by atoms with E-state index >= 15 is 0 Å². The number of carbonyl (C=O) groups excluding carboxylic acids is 1. The average Bonchev–Trinajstić information content (AvgIpc) is 3.05. The monoisotopic (exact) mass is 338 g/mol. The molecule has 2 atom stereocenters. The lowest BCUT2D eigenvalue weighted by atomic mass is 10.1. The Morgan fingerprint density at radius 3 is 2.08 bits per heavy atom. The van der Waals surface area contributed by atoms with Gasteiger partial charge in [0.1, 0.15) is 6.04 Å². The molecule has 5 nitrogen and oxygen atoms in total. The molecule has 1 amide bonds. The van der Waals surface area contributed by atoms with Crippen molar-refractivity contribution in [2.24, 2.45) is 0 Å². The zero-order valence-electron chi connectivity index (χ0n) is 14.0. The lowest BCUT2D eigenvalue weighted by Gasteiger charge is -2.27. The smallest absolute Gasteiger partial charge is 0.320 e. The molecule has 2 aromatic rings. The van der Waals surface area contributed by atoms with Crippen LogP contribution < -0.4 is 5.32 Å². The molecule has 0 saturated carbocycles. The van der Waals surface area contributed by atoms with Gasteiger partial charge in [0.05, 0.1) is 6.04 Å². The molecule has 2 aromatic carbocycles. The number of nitrogens with one attached hydrogen (secondary N) is 1. The van der Waals surface area contributed by atoms with E-state index in [9.17, 15) is 14.7 Å². The van der Waals surface area contributed by atoms with Crippen molar-refractivity contribution in [1.29, 1.82) is 0 Å². The van der Waals surface area contributed by atoms with E-state index in [2.05, 4.69) is 5.32 Å². The predicted octanol–water partition coefficient (Wildman–Crippen LogP) is 2.42. The van der Waals surface area contributed by atoms with Crippen LogP contribution in [0.3, 0.4) is 0 Å². The van der Waals surface area contributed by atoms with Gasteiger partial charge in [-0.2, -0.15) is 0 Å². The van der Waals surface area contributed by atoms with Gasteiger partial charge in [-0.1, -0.05) is 60.7 Å². The second-order valence-corrected chi connectivity index (χ2v) is 6.31. The van der Waals surface area contributed by atoms with Crippen molar-refractivity contribution >= 4 is 11.9 Å². The highest BCUT2D eigenvalue weighted by Gasteiger charge is 2.41. The first-order valence-corrected chi connectivity index (χ1v) is 8.49. The van der Waals surface area contributed by atoms with Gasteiger partial charge in [0, 0.05) is 13.1 Å². The van der Waals surface area contributed by atoms with Crippen molar-refractivity contribution in [3.63, 3.8) is 0 Å². The van der Waals surface area contributed by atoms with E-state index in [1.165, 1.54) is 0 Å². The minimum Gasteiger partial charge on any atom is -0.480 e. The van der Waals surface area contributed by atoms with Gasteiger partial charge in [0.2, 0.25) is 5.91 Å². The molecule has 0 bridgehead atoms. The summed E-state index contributed by atoms with van der Waals surface area (Å²) in [6, 6.07) is 18.3. The summed E-state index contributed by atoms with van der Waals surface area (Å²) in [4.78, 5) is 26.0. The molecular weight excluding hydrogens is 316 g/mol. The Labute approximate surface area is 147 Å². The highest BCUT2D eigenvalue weighted by Crippen LogP contribution is 2.27. The summed E-state index contributed by atoms with van der Waals surface area (Å²) in [6.45, 7) is 0.911. The molecule has 1 aliphatic heterocycles. The van der Waals surface area contributed by atoms with Gasteiger partial charge in [-0.05, 0) is 24.0 Å². The third-order valence-electron chi connectivity index (χ3n) is 4.62. The van der Waals surface area contributed by atoms with Crippen molar-refractivity contribution in [2.45, 2.75) is 38.0 Å². The Kier molecular flexibility index (Phi) is 5.46. The molecule has 0 aliphatic carbocycles. The van der Waals surface area contributed by atoms with Crippen LogP contribution in [0.2, 0.25) is 0 Å². The summed E-state index contributed by atoms with van der Waals surface area (Å²) in [5.41, 5.74) is 2.04. The Morgan fingerprint density at radius 2 is 1.48 bits per heavy atom. The zero-order valence-corrected chi connectivity index (χ0v) is 14.0. The van der Waals surface area contributed by atoms with Gasteiger partial charge in [-0.3, -0.25) is 14.5 Å². The van der Waals surface area contributed by atoms with Gasteiger partial charge < -0.3 is 10.4 Å². The second-order valence-electron chi connectivity index (χ2n) is 6.31. The predicted molar refractivity (Wildman–Crippen MR) is 94.7 cm³/mol. The van der Waals surface area contributed by atoms with Crippen molar-refractivity contribution in [2.75, 3.05) is 0 Å². The maximum atomic E-state index is 12.6. The number of nitrogens with zero attached hydrogens (tertiary/aromatic N) is 1. The molecule has 25 heavy (non-hydrogen) atoms. The summed E-state index contributed by atoms with van der Waals surface area (Å²) in [5, 5.41) is 12.4. The van der Waals surface area contributed by atoms with Crippen molar-refractivity contribution < 1.29 is 14.7 Å². The number of hydrogen-bond donors (Lipinski definition) is 2. The van der Waals surface area contributed by atoms with Crippen LogP contribution in [0.15, 0.2) is 60.7 Å². The fourth-order valence-corrected chi connectivity index (χ4v) is 3.33. The van der Waals surface area contributed by atoms with Gasteiger partial charge >= 0.3 is 5.97 Å². The van der Waals surface area contributed by atoms with Gasteiger partial charge in [0.15, 0.2) is 0 Å². The standard InChI is InChI=1S/C20H22N2O3/c23-19(21-13-15-7-3-1-4-8-15)17-11-12-18(20(24)25)22(17)14-16-9-5-2-6-10-16/h1-10,17-18H,11-14H2,(H,21,23)(H,24,25)/t17-,18+/m1/s1. The van der Waals surface area contributed by atoms with Crippen molar-refractivity contribution in [1.82, 2.24) is 10.2 Å². The maximum Gasteiger partial charge on any atom is 0.320 e. The normalized spacial score (nSPS) is 20.3. The Balaban J connectivity index is 1.69. The summed E-state index contributed by atoms with van der Waals surface area (Å²) in [5.74, 6) is -0.974. The van der Waals surface area contributed by atoms with Crippen molar-refractivity contribution in [3.8, 4) is 0 Å². The first kappa shape index (κ1) is 17.2. The molecule has 0 unspecified atom stereocenters. The van der Waals surface area contributed by atoms with Gasteiger partial charge in [-0.25, -0.2) is 0 Å². The van der Waals surface area contributed by atoms with E-state index in [0.29, 0.717) is 25.9 Å². The first-order chi connectivity index (χ1) is 12.1. The molecule has 130 valence electrons. The number of amides is 1. The molecule has 0 radical (unpaired) electrons. The van der Waals surface area contributed by atoms with E-state index in [1.807, 2.05) is 60.7 Å².